The highest BCUT2D eigenvalue weighted by Gasteiger charge is 2.33. The molecule has 1 saturated heterocycles. The van der Waals surface area contributed by atoms with Crippen molar-refractivity contribution in [3.05, 3.63) is 59.2 Å². The second-order valence-electron chi connectivity index (χ2n) is 8.29. The van der Waals surface area contributed by atoms with E-state index in [1.165, 1.54) is 9.87 Å². The van der Waals surface area contributed by atoms with E-state index < -0.39 is 10.0 Å². The summed E-state index contributed by atoms with van der Waals surface area (Å²) < 4.78 is 38.5. The topological polar surface area (TPSA) is 72.9 Å². The number of carbonyl (C=O) groups excluding carboxylic acids is 1. The van der Waals surface area contributed by atoms with Gasteiger partial charge in [-0.25, -0.2) is 8.42 Å². The van der Waals surface area contributed by atoms with E-state index in [2.05, 4.69) is 0 Å². The van der Waals surface area contributed by atoms with Gasteiger partial charge in [0.1, 0.15) is 19.0 Å². The van der Waals surface area contributed by atoms with Crippen molar-refractivity contribution >= 4 is 16.0 Å². The second kappa shape index (κ2) is 9.40. The zero-order valence-corrected chi connectivity index (χ0v) is 18.7. The Morgan fingerprint density at radius 2 is 1.71 bits per heavy atom. The van der Waals surface area contributed by atoms with Gasteiger partial charge in [0.2, 0.25) is 10.0 Å². The summed E-state index contributed by atoms with van der Waals surface area (Å²) in [6, 6.07) is 13.2. The normalized spacial score (nSPS) is 17.3. The molecule has 166 valence electrons. The Hall–Kier alpha value is -2.38. The maximum atomic E-state index is 13.0. The largest absolute Gasteiger partial charge is 0.490 e. The van der Waals surface area contributed by atoms with E-state index in [9.17, 15) is 13.2 Å². The number of aryl methyl sites for hydroxylation is 3. The Kier molecular flexibility index (Phi) is 6.62. The quantitative estimate of drug-likeness (QED) is 0.484. The van der Waals surface area contributed by atoms with Crippen LogP contribution in [0.25, 0.3) is 0 Å². The third kappa shape index (κ3) is 5.10. The molecule has 4 rings (SSSR count). The first-order chi connectivity index (χ1) is 14.9. The maximum absolute atomic E-state index is 13.0. The molecule has 2 aliphatic rings. The first-order valence-electron chi connectivity index (χ1n) is 10.9. The van der Waals surface area contributed by atoms with Crippen molar-refractivity contribution in [1.82, 2.24) is 4.31 Å². The van der Waals surface area contributed by atoms with Crippen LogP contribution >= 0.6 is 0 Å². The number of carbonyl (C=O) groups is 1. The van der Waals surface area contributed by atoms with Gasteiger partial charge in [-0.2, -0.15) is 4.31 Å². The van der Waals surface area contributed by atoms with Crippen LogP contribution in [0.2, 0.25) is 0 Å². The molecule has 0 spiro atoms. The SMILES string of the molecule is Cc1ccc(OCCOC(=O)C2CCN(S(=O)(=O)c3ccc4c(c3)CCC4)CC2)cc1. The molecule has 0 unspecified atom stereocenters. The zero-order valence-electron chi connectivity index (χ0n) is 17.9. The average Bonchev–Trinajstić information content (AvgIpc) is 3.26. The van der Waals surface area contributed by atoms with Crippen molar-refractivity contribution in [3.63, 3.8) is 0 Å². The number of fused-ring (bicyclic) bond motifs is 1. The molecular weight excluding hydrogens is 414 g/mol. The molecule has 2 aromatic rings. The second-order valence-corrected chi connectivity index (χ2v) is 10.2. The monoisotopic (exact) mass is 443 g/mol. The van der Waals surface area contributed by atoms with Gasteiger partial charge >= 0.3 is 5.97 Å². The number of piperidine rings is 1. The number of hydrogen-bond donors (Lipinski definition) is 0. The number of esters is 1. The van der Waals surface area contributed by atoms with Gasteiger partial charge in [0.05, 0.1) is 10.8 Å². The van der Waals surface area contributed by atoms with Crippen LogP contribution in [0.5, 0.6) is 5.75 Å². The van der Waals surface area contributed by atoms with Gasteiger partial charge in [-0.3, -0.25) is 4.79 Å². The molecule has 0 bridgehead atoms. The van der Waals surface area contributed by atoms with E-state index in [4.69, 9.17) is 9.47 Å². The molecule has 6 nitrogen and oxygen atoms in total. The van der Waals surface area contributed by atoms with Gasteiger partial charge in [-0.15, -0.1) is 0 Å². The van der Waals surface area contributed by atoms with Gasteiger partial charge in [-0.1, -0.05) is 23.8 Å². The molecule has 1 aliphatic heterocycles. The van der Waals surface area contributed by atoms with Crippen molar-refractivity contribution in [2.45, 2.75) is 43.9 Å². The summed E-state index contributed by atoms with van der Waals surface area (Å²) in [5, 5.41) is 0. The number of ether oxygens (including phenoxy) is 2. The summed E-state index contributed by atoms with van der Waals surface area (Å²) >= 11 is 0. The summed E-state index contributed by atoms with van der Waals surface area (Å²) in [6.45, 7) is 3.15. The van der Waals surface area contributed by atoms with Gasteiger partial charge in [0, 0.05) is 13.1 Å². The molecule has 0 radical (unpaired) electrons. The maximum Gasteiger partial charge on any atom is 0.309 e. The van der Waals surface area contributed by atoms with Crippen LogP contribution in [0.1, 0.15) is 36.0 Å². The third-order valence-electron chi connectivity index (χ3n) is 6.11. The Morgan fingerprint density at radius 3 is 2.45 bits per heavy atom. The van der Waals surface area contributed by atoms with Crippen LogP contribution in [-0.4, -0.2) is 45.0 Å². The average molecular weight is 444 g/mol. The van der Waals surface area contributed by atoms with Gasteiger partial charge in [0.15, 0.2) is 0 Å². The number of benzene rings is 2. The van der Waals surface area contributed by atoms with Crippen molar-refractivity contribution in [2.24, 2.45) is 5.92 Å². The molecule has 0 amide bonds. The van der Waals surface area contributed by atoms with Crippen LogP contribution in [0.4, 0.5) is 0 Å². The van der Waals surface area contributed by atoms with Crippen LogP contribution < -0.4 is 4.74 Å². The number of hydrogen-bond acceptors (Lipinski definition) is 5. The molecule has 31 heavy (non-hydrogen) atoms. The Morgan fingerprint density at radius 1 is 1.00 bits per heavy atom. The minimum absolute atomic E-state index is 0.181. The van der Waals surface area contributed by atoms with Crippen LogP contribution in [0, 0.1) is 12.8 Å². The molecule has 1 aliphatic carbocycles. The lowest BCUT2D eigenvalue weighted by Gasteiger charge is -2.30. The molecule has 0 saturated carbocycles. The highest BCUT2D eigenvalue weighted by molar-refractivity contribution is 7.89. The van der Waals surface area contributed by atoms with Gasteiger partial charge in [0.25, 0.3) is 0 Å². The predicted octanol–water partition coefficient (Wildman–Crippen LogP) is 3.51. The zero-order chi connectivity index (χ0) is 21.8. The molecule has 7 heteroatoms. The lowest BCUT2D eigenvalue weighted by Crippen LogP contribution is -2.40. The molecule has 2 aromatic carbocycles. The molecule has 1 heterocycles. The third-order valence-corrected chi connectivity index (χ3v) is 8.01. The Labute approximate surface area is 184 Å². The fourth-order valence-electron chi connectivity index (χ4n) is 4.24. The molecule has 1 fully saturated rings. The number of nitrogens with zero attached hydrogens (tertiary/aromatic N) is 1. The molecular formula is C24H29NO5S. The van der Waals surface area contributed by atoms with Crippen molar-refractivity contribution < 1.29 is 22.7 Å². The first-order valence-corrected chi connectivity index (χ1v) is 12.4. The van der Waals surface area contributed by atoms with Gasteiger partial charge < -0.3 is 9.47 Å². The van der Waals surface area contributed by atoms with Crippen molar-refractivity contribution in [2.75, 3.05) is 26.3 Å². The summed E-state index contributed by atoms with van der Waals surface area (Å²) in [6.07, 6.45) is 4.01. The first kappa shape index (κ1) is 21.8. The molecule has 0 atom stereocenters. The summed E-state index contributed by atoms with van der Waals surface area (Å²) in [7, 11) is -3.53. The summed E-state index contributed by atoms with van der Waals surface area (Å²) in [4.78, 5) is 12.7. The van der Waals surface area contributed by atoms with Crippen molar-refractivity contribution in [1.29, 1.82) is 0 Å². The van der Waals surface area contributed by atoms with Crippen LogP contribution in [0.15, 0.2) is 47.4 Å². The smallest absolute Gasteiger partial charge is 0.309 e. The fraction of sp³-hybridized carbons (Fsp3) is 0.458. The number of rotatable bonds is 7. The highest BCUT2D eigenvalue weighted by atomic mass is 32.2. The van der Waals surface area contributed by atoms with E-state index in [0.717, 1.165) is 36.1 Å². The van der Waals surface area contributed by atoms with E-state index >= 15 is 0 Å². The lowest BCUT2D eigenvalue weighted by atomic mass is 9.98. The molecule has 0 N–H and O–H groups in total. The summed E-state index contributed by atoms with van der Waals surface area (Å²) in [5.74, 6) is 0.194. The van der Waals surface area contributed by atoms with E-state index in [1.54, 1.807) is 6.07 Å². The number of sulfonamides is 1. The standard InChI is InChI=1S/C24H29NO5S/c1-18-5-8-22(9-6-18)29-15-16-30-24(26)20-11-13-25(14-12-20)31(27,28)23-10-7-19-3-2-4-21(19)17-23/h5-10,17,20H,2-4,11-16H2,1H3. The molecule has 0 aromatic heterocycles. The van der Waals surface area contributed by atoms with E-state index in [0.29, 0.717) is 37.4 Å². The minimum Gasteiger partial charge on any atom is -0.490 e. The van der Waals surface area contributed by atoms with Crippen molar-refractivity contribution in [3.8, 4) is 5.75 Å². The fourth-order valence-corrected chi connectivity index (χ4v) is 5.76. The Balaban J connectivity index is 1.24. The lowest BCUT2D eigenvalue weighted by molar-refractivity contribution is -0.150. The minimum atomic E-state index is -3.53. The highest BCUT2D eigenvalue weighted by Crippen LogP contribution is 2.29. The summed E-state index contributed by atoms with van der Waals surface area (Å²) in [5.41, 5.74) is 3.56. The van der Waals surface area contributed by atoms with Crippen LogP contribution in [-0.2, 0) is 32.4 Å². The van der Waals surface area contributed by atoms with E-state index in [-0.39, 0.29) is 18.5 Å². The van der Waals surface area contributed by atoms with Crippen LogP contribution in [0.3, 0.4) is 0 Å². The predicted molar refractivity (Wildman–Crippen MR) is 118 cm³/mol. The van der Waals surface area contributed by atoms with E-state index in [1.807, 2.05) is 43.3 Å². The van der Waals surface area contributed by atoms with Gasteiger partial charge in [-0.05, 0) is 74.4 Å². The Bertz CT molecular complexity index is 1020.